The summed E-state index contributed by atoms with van der Waals surface area (Å²) in [4.78, 5) is 12.7. The van der Waals surface area contributed by atoms with Crippen molar-refractivity contribution in [2.75, 3.05) is 7.11 Å². The Morgan fingerprint density at radius 3 is 2.52 bits per heavy atom. The van der Waals surface area contributed by atoms with Crippen molar-refractivity contribution >= 4 is 16.9 Å². The standard InChI is InChI=1S/C23H28N4O2/c1-29-20-12-9-17(10-13-20)16-27-22-14-11-18(15-21(22)25-26-27)23(28)24-19-7-5-3-2-4-6-8-19/h9-15,19H,2-8,16H2,1H3,(H,24,28). The van der Waals surface area contributed by atoms with Crippen LogP contribution in [0.5, 0.6) is 5.75 Å². The lowest BCUT2D eigenvalue weighted by Gasteiger charge is -2.21. The van der Waals surface area contributed by atoms with Crippen molar-refractivity contribution in [3.05, 3.63) is 53.6 Å². The van der Waals surface area contributed by atoms with Gasteiger partial charge in [-0.15, -0.1) is 5.10 Å². The van der Waals surface area contributed by atoms with Crippen LogP contribution in [0.15, 0.2) is 42.5 Å². The molecule has 0 saturated heterocycles. The Kier molecular flexibility index (Phi) is 6.08. The van der Waals surface area contributed by atoms with Crippen LogP contribution in [-0.4, -0.2) is 34.1 Å². The van der Waals surface area contributed by atoms with Crippen LogP contribution >= 0.6 is 0 Å². The average Bonchev–Trinajstić information content (AvgIpc) is 3.12. The highest BCUT2D eigenvalue weighted by Crippen LogP contribution is 2.19. The molecule has 1 fully saturated rings. The van der Waals surface area contributed by atoms with Gasteiger partial charge in [-0.3, -0.25) is 4.79 Å². The minimum absolute atomic E-state index is 0.0119. The molecule has 3 aromatic rings. The van der Waals surface area contributed by atoms with E-state index in [1.807, 2.05) is 47.1 Å². The van der Waals surface area contributed by atoms with Crippen LogP contribution in [0.2, 0.25) is 0 Å². The number of aromatic nitrogens is 3. The van der Waals surface area contributed by atoms with Crippen LogP contribution in [0.1, 0.15) is 60.9 Å². The maximum absolute atomic E-state index is 12.7. The Morgan fingerprint density at radius 2 is 1.79 bits per heavy atom. The van der Waals surface area contributed by atoms with E-state index in [1.54, 1.807) is 7.11 Å². The predicted molar refractivity (Wildman–Crippen MR) is 113 cm³/mol. The lowest BCUT2D eigenvalue weighted by molar-refractivity contribution is 0.0930. The Labute approximate surface area is 171 Å². The first-order valence-corrected chi connectivity index (χ1v) is 10.5. The molecule has 0 atom stereocenters. The highest BCUT2D eigenvalue weighted by Gasteiger charge is 2.16. The van der Waals surface area contributed by atoms with Crippen molar-refractivity contribution in [1.29, 1.82) is 0 Å². The molecule has 6 heteroatoms. The van der Waals surface area contributed by atoms with Crippen molar-refractivity contribution in [2.45, 2.75) is 57.5 Å². The summed E-state index contributed by atoms with van der Waals surface area (Å²) in [6.45, 7) is 0.619. The summed E-state index contributed by atoms with van der Waals surface area (Å²) in [6.07, 6.45) is 8.42. The Hall–Kier alpha value is -2.89. The molecule has 1 aliphatic carbocycles. The van der Waals surface area contributed by atoms with E-state index in [9.17, 15) is 4.79 Å². The van der Waals surface area contributed by atoms with E-state index >= 15 is 0 Å². The van der Waals surface area contributed by atoms with Crippen LogP contribution in [0, 0.1) is 0 Å². The number of hydrogen-bond acceptors (Lipinski definition) is 4. The summed E-state index contributed by atoms with van der Waals surface area (Å²) in [5.74, 6) is 0.819. The zero-order valence-electron chi connectivity index (χ0n) is 16.9. The highest BCUT2D eigenvalue weighted by atomic mass is 16.5. The molecule has 0 aliphatic heterocycles. The minimum Gasteiger partial charge on any atom is -0.497 e. The fraction of sp³-hybridized carbons (Fsp3) is 0.435. The summed E-state index contributed by atoms with van der Waals surface area (Å²) in [5.41, 5.74) is 3.42. The van der Waals surface area contributed by atoms with E-state index in [2.05, 4.69) is 15.6 Å². The monoisotopic (exact) mass is 392 g/mol. The molecule has 2 aromatic carbocycles. The Bertz CT molecular complexity index is 957. The van der Waals surface area contributed by atoms with Crippen LogP contribution < -0.4 is 10.1 Å². The van der Waals surface area contributed by atoms with Gasteiger partial charge in [-0.25, -0.2) is 4.68 Å². The van der Waals surface area contributed by atoms with Crippen molar-refractivity contribution < 1.29 is 9.53 Å². The molecule has 1 heterocycles. The van der Waals surface area contributed by atoms with Gasteiger partial charge in [0.05, 0.1) is 19.2 Å². The maximum Gasteiger partial charge on any atom is 0.251 e. The molecule has 0 spiro atoms. The minimum atomic E-state index is -0.0119. The number of carbonyl (C=O) groups excluding carboxylic acids is 1. The third-order valence-electron chi connectivity index (χ3n) is 5.71. The number of benzene rings is 2. The Balaban J connectivity index is 1.46. The number of nitrogens with zero attached hydrogens (tertiary/aromatic N) is 3. The summed E-state index contributed by atoms with van der Waals surface area (Å²) in [5, 5.41) is 11.8. The van der Waals surface area contributed by atoms with Crippen LogP contribution in [0.3, 0.4) is 0 Å². The normalized spacial score (nSPS) is 15.6. The van der Waals surface area contributed by atoms with E-state index in [0.29, 0.717) is 12.1 Å². The molecule has 0 radical (unpaired) electrons. The fourth-order valence-corrected chi connectivity index (χ4v) is 4.00. The number of fused-ring (bicyclic) bond motifs is 1. The summed E-state index contributed by atoms with van der Waals surface area (Å²) >= 11 is 0. The topological polar surface area (TPSA) is 69.0 Å². The number of methoxy groups -OCH3 is 1. The van der Waals surface area contributed by atoms with Gasteiger partial charge in [0.2, 0.25) is 0 Å². The average molecular weight is 393 g/mol. The van der Waals surface area contributed by atoms with Gasteiger partial charge in [0.25, 0.3) is 5.91 Å². The first-order valence-electron chi connectivity index (χ1n) is 10.5. The highest BCUT2D eigenvalue weighted by molar-refractivity contribution is 5.97. The van der Waals surface area contributed by atoms with E-state index in [-0.39, 0.29) is 11.9 Å². The number of hydrogen-bond donors (Lipinski definition) is 1. The van der Waals surface area contributed by atoms with E-state index in [4.69, 9.17) is 4.74 Å². The van der Waals surface area contributed by atoms with Crippen molar-refractivity contribution in [1.82, 2.24) is 20.3 Å². The lowest BCUT2D eigenvalue weighted by Crippen LogP contribution is -2.35. The largest absolute Gasteiger partial charge is 0.497 e. The fourth-order valence-electron chi connectivity index (χ4n) is 4.00. The van der Waals surface area contributed by atoms with Crippen molar-refractivity contribution in [3.8, 4) is 5.75 Å². The number of carbonyl (C=O) groups is 1. The molecule has 1 saturated carbocycles. The molecule has 1 N–H and O–H groups in total. The van der Waals surface area contributed by atoms with E-state index in [0.717, 1.165) is 35.2 Å². The summed E-state index contributed by atoms with van der Waals surface area (Å²) in [7, 11) is 1.66. The lowest BCUT2D eigenvalue weighted by atomic mass is 9.96. The third-order valence-corrected chi connectivity index (χ3v) is 5.71. The molecule has 29 heavy (non-hydrogen) atoms. The Morgan fingerprint density at radius 1 is 1.07 bits per heavy atom. The van der Waals surface area contributed by atoms with Gasteiger partial charge in [-0.2, -0.15) is 0 Å². The predicted octanol–water partition coefficient (Wildman–Crippen LogP) is 4.33. The molecule has 1 aliphatic rings. The van der Waals surface area contributed by atoms with Gasteiger partial charge in [-0.05, 0) is 48.7 Å². The molecular formula is C23H28N4O2. The second kappa shape index (κ2) is 9.07. The van der Waals surface area contributed by atoms with Crippen LogP contribution in [-0.2, 0) is 6.54 Å². The van der Waals surface area contributed by atoms with E-state index < -0.39 is 0 Å². The van der Waals surface area contributed by atoms with Gasteiger partial charge in [0.15, 0.2) is 0 Å². The summed E-state index contributed by atoms with van der Waals surface area (Å²) in [6, 6.07) is 13.8. The van der Waals surface area contributed by atoms with Gasteiger partial charge in [0.1, 0.15) is 11.3 Å². The maximum atomic E-state index is 12.7. The molecule has 0 unspecified atom stereocenters. The zero-order chi connectivity index (χ0) is 20.1. The third kappa shape index (κ3) is 4.75. The molecule has 1 aromatic heterocycles. The van der Waals surface area contributed by atoms with Gasteiger partial charge < -0.3 is 10.1 Å². The zero-order valence-corrected chi connectivity index (χ0v) is 16.9. The second-order valence-electron chi connectivity index (χ2n) is 7.81. The molecule has 1 amide bonds. The number of rotatable bonds is 5. The molecule has 0 bridgehead atoms. The van der Waals surface area contributed by atoms with Crippen LogP contribution in [0.4, 0.5) is 0 Å². The molecule has 6 nitrogen and oxygen atoms in total. The van der Waals surface area contributed by atoms with Gasteiger partial charge in [0, 0.05) is 11.6 Å². The molecule has 152 valence electrons. The first kappa shape index (κ1) is 19.4. The number of amides is 1. The molecule has 4 rings (SSSR count). The quantitative estimate of drug-likeness (QED) is 0.702. The summed E-state index contributed by atoms with van der Waals surface area (Å²) < 4.78 is 7.06. The van der Waals surface area contributed by atoms with Crippen molar-refractivity contribution in [3.63, 3.8) is 0 Å². The SMILES string of the molecule is COc1ccc(Cn2nnc3cc(C(=O)NC4CCCCCCC4)ccc32)cc1. The number of ether oxygens (including phenoxy) is 1. The first-order chi connectivity index (χ1) is 14.2. The molecular weight excluding hydrogens is 364 g/mol. The van der Waals surface area contributed by atoms with Crippen molar-refractivity contribution in [2.24, 2.45) is 0 Å². The van der Waals surface area contributed by atoms with E-state index in [1.165, 1.54) is 32.1 Å². The van der Waals surface area contributed by atoms with Crippen LogP contribution in [0.25, 0.3) is 11.0 Å². The second-order valence-corrected chi connectivity index (χ2v) is 7.81. The smallest absolute Gasteiger partial charge is 0.251 e. The number of nitrogens with one attached hydrogen (secondary N) is 1. The van der Waals surface area contributed by atoms with Gasteiger partial charge in [-0.1, -0.05) is 49.5 Å². The van der Waals surface area contributed by atoms with Gasteiger partial charge >= 0.3 is 0 Å².